The number of benzene rings is 1. The highest BCUT2D eigenvalue weighted by Gasteiger charge is 2.12. The van der Waals surface area contributed by atoms with E-state index in [0.717, 1.165) is 24.5 Å². The lowest BCUT2D eigenvalue weighted by Crippen LogP contribution is -2.25. The highest BCUT2D eigenvalue weighted by Crippen LogP contribution is 2.35. The van der Waals surface area contributed by atoms with Gasteiger partial charge in [0, 0.05) is 6.54 Å². The first-order chi connectivity index (χ1) is 7.68. The molecule has 0 radical (unpaired) electrons. The Bertz CT molecular complexity index is 432. The van der Waals surface area contributed by atoms with Crippen molar-refractivity contribution in [1.82, 2.24) is 5.32 Å². The lowest BCUT2D eigenvalue weighted by molar-refractivity contribution is 0.374. The minimum absolute atomic E-state index is 0.378. The van der Waals surface area contributed by atoms with E-state index < -0.39 is 0 Å². The molecule has 0 saturated heterocycles. The third-order valence-electron chi connectivity index (χ3n) is 2.34. The van der Waals surface area contributed by atoms with E-state index in [1.807, 2.05) is 13.0 Å². The summed E-state index contributed by atoms with van der Waals surface area (Å²) in [5.74, 6) is 1.37. The second-order valence-corrected chi connectivity index (χ2v) is 4.34. The Morgan fingerprint density at radius 2 is 2.25 bits per heavy atom. The Balaban J connectivity index is 2.11. The average Bonchev–Trinajstić information content (AvgIpc) is 2.77. The first-order valence-corrected chi connectivity index (χ1v) is 5.78. The zero-order valence-corrected chi connectivity index (χ0v) is 10.4. The Labute approximate surface area is 104 Å². The van der Waals surface area contributed by atoms with Gasteiger partial charge in [-0.2, -0.15) is 0 Å². The zero-order valence-electron chi connectivity index (χ0n) is 8.89. The number of nitrogens with zero attached hydrogens (tertiary/aromatic N) is 1. The van der Waals surface area contributed by atoms with Gasteiger partial charge in [0.05, 0.1) is 16.6 Å². The number of aryl methyl sites for hydroxylation is 1. The van der Waals surface area contributed by atoms with Crippen LogP contribution < -0.4 is 10.1 Å². The first kappa shape index (κ1) is 11.6. The maximum Gasteiger partial charge on any atom is 0.157 e. The lowest BCUT2D eigenvalue weighted by atomic mass is 10.2. The molecule has 5 heteroatoms. The number of aliphatic imine (C=N–C) groups is 1. The molecule has 1 aromatic carbocycles. The van der Waals surface area contributed by atoms with Crippen LogP contribution in [0.25, 0.3) is 0 Å². The number of rotatable bonds is 3. The van der Waals surface area contributed by atoms with E-state index in [1.54, 1.807) is 6.07 Å². The predicted octanol–water partition coefficient (Wildman–Crippen LogP) is 2.68. The molecule has 1 aliphatic rings. The summed E-state index contributed by atoms with van der Waals surface area (Å²) in [6.45, 7) is 3.96. The van der Waals surface area contributed by atoms with E-state index in [1.165, 1.54) is 0 Å². The fourth-order valence-electron chi connectivity index (χ4n) is 1.45. The summed E-state index contributed by atoms with van der Waals surface area (Å²) in [6, 6.07) is 3.64. The van der Waals surface area contributed by atoms with Crippen LogP contribution in [0.15, 0.2) is 17.1 Å². The van der Waals surface area contributed by atoms with E-state index in [0.29, 0.717) is 22.4 Å². The van der Waals surface area contributed by atoms with Crippen LogP contribution >= 0.6 is 23.2 Å². The second kappa shape index (κ2) is 4.93. The molecule has 0 aliphatic carbocycles. The molecule has 16 heavy (non-hydrogen) atoms. The van der Waals surface area contributed by atoms with Gasteiger partial charge >= 0.3 is 0 Å². The Hall–Kier alpha value is -0.930. The molecule has 0 saturated carbocycles. The van der Waals surface area contributed by atoms with Crippen LogP contribution in [-0.4, -0.2) is 25.5 Å². The molecule has 1 aromatic rings. The van der Waals surface area contributed by atoms with Crippen LogP contribution in [0.3, 0.4) is 0 Å². The molecular formula is C11H12Cl2N2O. The van der Waals surface area contributed by atoms with E-state index in [-0.39, 0.29) is 0 Å². The summed E-state index contributed by atoms with van der Waals surface area (Å²) in [5, 5.41) is 4.20. The average molecular weight is 259 g/mol. The molecule has 0 amide bonds. The largest absolute Gasteiger partial charge is 0.483 e. The van der Waals surface area contributed by atoms with Crippen molar-refractivity contribution in [3.05, 3.63) is 27.7 Å². The van der Waals surface area contributed by atoms with Crippen molar-refractivity contribution >= 4 is 29.0 Å². The van der Waals surface area contributed by atoms with Gasteiger partial charge in [0.15, 0.2) is 5.75 Å². The first-order valence-electron chi connectivity index (χ1n) is 5.03. The summed E-state index contributed by atoms with van der Waals surface area (Å²) >= 11 is 12.1. The van der Waals surface area contributed by atoms with Crippen molar-refractivity contribution in [2.75, 3.05) is 19.7 Å². The van der Waals surface area contributed by atoms with Crippen molar-refractivity contribution < 1.29 is 4.74 Å². The lowest BCUT2D eigenvalue weighted by Gasteiger charge is -2.11. The van der Waals surface area contributed by atoms with Crippen LogP contribution in [0, 0.1) is 6.92 Å². The van der Waals surface area contributed by atoms with Crippen molar-refractivity contribution in [1.29, 1.82) is 0 Å². The van der Waals surface area contributed by atoms with Crippen LogP contribution in [0.1, 0.15) is 5.56 Å². The number of ether oxygens (including phenoxy) is 1. The predicted molar refractivity (Wildman–Crippen MR) is 67.0 cm³/mol. The zero-order chi connectivity index (χ0) is 11.5. The molecule has 0 bridgehead atoms. The molecule has 1 heterocycles. The van der Waals surface area contributed by atoms with Crippen molar-refractivity contribution in [3.8, 4) is 5.75 Å². The van der Waals surface area contributed by atoms with Gasteiger partial charge < -0.3 is 10.1 Å². The standard InChI is InChI=1S/C11H12Cl2N2O/c1-7-2-3-8(12)11(10(7)13)16-6-9-14-4-5-15-9/h2-3H,4-6H2,1H3,(H,14,15). The van der Waals surface area contributed by atoms with Gasteiger partial charge in [0.25, 0.3) is 0 Å². The molecule has 0 atom stereocenters. The van der Waals surface area contributed by atoms with Gasteiger partial charge in [0.2, 0.25) is 0 Å². The fraction of sp³-hybridized carbons (Fsp3) is 0.364. The van der Waals surface area contributed by atoms with Crippen molar-refractivity contribution in [3.63, 3.8) is 0 Å². The molecule has 0 fully saturated rings. The van der Waals surface area contributed by atoms with Crippen molar-refractivity contribution in [2.45, 2.75) is 6.92 Å². The maximum absolute atomic E-state index is 6.11. The number of halogens is 2. The topological polar surface area (TPSA) is 33.6 Å². The molecule has 1 aliphatic heterocycles. The Morgan fingerprint density at radius 3 is 2.94 bits per heavy atom. The Morgan fingerprint density at radius 1 is 1.44 bits per heavy atom. The van der Waals surface area contributed by atoms with E-state index in [4.69, 9.17) is 27.9 Å². The van der Waals surface area contributed by atoms with Gasteiger partial charge in [-0.3, -0.25) is 4.99 Å². The van der Waals surface area contributed by atoms with Gasteiger partial charge in [-0.05, 0) is 18.6 Å². The summed E-state index contributed by atoms with van der Waals surface area (Å²) in [7, 11) is 0. The summed E-state index contributed by atoms with van der Waals surface area (Å²) in [5.41, 5.74) is 0.947. The second-order valence-electron chi connectivity index (χ2n) is 3.55. The normalized spacial score (nSPS) is 14.6. The number of nitrogens with one attached hydrogen (secondary N) is 1. The SMILES string of the molecule is Cc1ccc(Cl)c(OCC2=NCCN2)c1Cl. The van der Waals surface area contributed by atoms with Crippen LogP contribution in [0.5, 0.6) is 5.75 Å². The Kier molecular flexibility index (Phi) is 3.56. The molecular weight excluding hydrogens is 247 g/mol. The molecule has 2 rings (SSSR count). The minimum atomic E-state index is 0.378. The van der Waals surface area contributed by atoms with E-state index in [9.17, 15) is 0 Å². The van der Waals surface area contributed by atoms with Crippen LogP contribution in [0.4, 0.5) is 0 Å². The molecule has 3 nitrogen and oxygen atoms in total. The summed E-state index contributed by atoms with van der Waals surface area (Å²) < 4.78 is 5.58. The quantitative estimate of drug-likeness (QED) is 0.905. The highest BCUT2D eigenvalue weighted by atomic mass is 35.5. The fourth-order valence-corrected chi connectivity index (χ4v) is 1.93. The van der Waals surface area contributed by atoms with Crippen LogP contribution in [0.2, 0.25) is 10.0 Å². The summed E-state index contributed by atoms with van der Waals surface area (Å²) in [6.07, 6.45) is 0. The van der Waals surface area contributed by atoms with Gasteiger partial charge in [0.1, 0.15) is 12.4 Å². The van der Waals surface area contributed by atoms with Crippen LogP contribution in [-0.2, 0) is 0 Å². The number of hydrogen-bond donors (Lipinski definition) is 1. The van der Waals surface area contributed by atoms with Gasteiger partial charge in [-0.1, -0.05) is 29.3 Å². The third-order valence-corrected chi connectivity index (χ3v) is 3.11. The number of hydrogen-bond acceptors (Lipinski definition) is 3. The molecule has 86 valence electrons. The van der Waals surface area contributed by atoms with Gasteiger partial charge in [-0.25, -0.2) is 0 Å². The van der Waals surface area contributed by atoms with Gasteiger partial charge in [-0.15, -0.1) is 0 Å². The third kappa shape index (κ3) is 2.42. The van der Waals surface area contributed by atoms with E-state index in [2.05, 4.69) is 10.3 Å². The molecule has 0 spiro atoms. The monoisotopic (exact) mass is 258 g/mol. The smallest absolute Gasteiger partial charge is 0.157 e. The molecule has 0 unspecified atom stereocenters. The maximum atomic E-state index is 6.11. The molecule has 0 aromatic heterocycles. The number of amidine groups is 1. The van der Waals surface area contributed by atoms with Crippen molar-refractivity contribution in [2.24, 2.45) is 4.99 Å². The van der Waals surface area contributed by atoms with E-state index >= 15 is 0 Å². The highest BCUT2D eigenvalue weighted by molar-refractivity contribution is 6.37. The minimum Gasteiger partial charge on any atom is -0.483 e. The summed E-state index contributed by atoms with van der Waals surface area (Å²) in [4.78, 5) is 4.23. The molecule has 1 N–H and O–H groups in total.